The van der Waals surface area contributed by atoms with E-state index in [0.29, 0.717) is 0 Å². The molecule has 102 valence electrons. The average molecular weight is 271 g/mol. The second-order valence-electron chi connectivity index (χ2n) is 4.15. The van der Waals surface area contributed by atoms with Gasteiger partial charge in [-0.15, -0.1) is 0 Å². The summed E-state index contributed by atoms with van der Waals surface area (Å²) in [6.07, 6.45) is -9.58. The van der Waals surface area contributed by atoms with Crippen molar-refractivity contribution in [3.8, 4) is 0 Å². The Morgan fingerprint density at radius 1 is 0.833 bits per heavy atom. The summed E-state index contributed by atoms with van der Waals surface area (Å²) in [5.74, 6) is 0. The van der Waals surface area contributed by atoms with Gasteiger partial charge in [-0.25, -0.2) is 0 Å². The van der Waals surface area contributed by atoms with E-state index in [2.05, 4.69) is 0 Å². The topological polar surface area (TPSA) is 3.24 Å². The van der Waals surface area contributed by atoms with Crippen LogP contribution in [-0.2, 0) is 18.9 Å². The Morgan fingerprint density at radius 3 is 1.50 bits per heavy atom. The van der Waals surface area contributed by atoms with Crippen molar-refractivity contribution in [2.75, 3.05) is 14.1 Å². The van der Waals surface area contributed by atoms with Gasteiger partial charge in [-0.05, 0) is 37.9 Å². The van der Waals surface area contributed by atoms with Crippen LogP contribution in [0, 0.1) is 0 Å². The number of rotatable bonds is 2. The van der Waals surface area contributed by atoms with Crippen LogP contribution in [0.2, 0.25) is 0 Å². The Bertz CT molecular complexity index is 386. The molecule has 0 fully saturated rings. The molecule has 0 radical (unpaired) electrons. The van der Waals surface area contributed by atoms with E-state index in [1.807, 2.05) is 0 Å². The predicted octanol–water partition coefficient (Wildman–Crippen LogP) is 3.79. The highest BCUT2D eigenvalue weighted by Gasteiger charge is 2.36. The average Bonchev–Trinajstić information content (AvgIpc) is 2.13. The van der Waals surface area contributed by atoms with E-state index in [1.165, 1.54) is 4.90 Å². The highest BCUT2D eigenvalue weighted by molar-refractivity contribution is 5.33. The van der Waals surface area contributed by atoms with E-state index in [4.69, 9.17) is 0 Å². The minimum atomic E-state index is -4.79. The predicted molar refractivity (Wildman–Crippen MR) is 53.8 cm³/mol. The third-order valence-electron chi connectivity index (χ3n) is 2.15. The molecule has 0 atom stereocenters. The fourth-order valence-electron chi connectivity index (χ4n) is 1.48. The summed E-state index contributed by atoms with van der Waals surface area (Å²) in [6.45, 7) is 0.00694. The van der Waals surface area contributed by atoms with Crippen LogP contribution in [0.3, 0.4) is 0 Å². The van der Waals surface area contributed by atoms with Gasteiger partial charge in [0.25, 0.3) is 0 Å². The molecule has 0 aromatic heterocycles. The molecule has 1 aromatic rings. The molecule has 0 N–H and O–H groups in total. The van der Waals surface area contributed by atoms with E-state index < -0.39 is 23.5 Å². The fourth-order valence-corrected chi connectivity index (χ4v) is 1.48. The molecule has 0 aliphatic rings. The lowest BCUT2D eigenvalue weighted by molar-refractivity contribution is -0.143. The lowest BCUT2D eigenvalue weighted by atomic mass is 10.0. The van der Waals surface area contributed by atoms with Crippen LogP contribution in [-0.4, -0.2) is 19.0 Å². The summed E-state index contributed by atoms with van der Waals surface area (Å²) >= 11 is 0. The first-order valence-corrected chi connectivity index (χ1v) is 4.93. The Morgan fingerprint density at radius 2 is 1.22 bits per heavy atom. The molecule has 0 saturated carbocycles. The highest BCUT2D eigenvalue weighted by atomic mass is 19.4. The normalized spacial score (nSPS) is 13.2. The van der Waals surface area contributed by atoms with Gasteiger partial charge in [0.1, 0.15) is 0 Å². The molecular weight excluding hydrogens is 260 g/mol. The van der Waals surface area contributed by atoms with Crippen molar-refractivity contribution < 1.29 is 26.3 Å². The Hall–Kier alpha value is -1.24. The number of halogens is 6. The second-order valence-corrected chi connectivity index (χ2v) is 4.15. The van der Waals surface area contributed by atoms with Gasteiger partial charge in [0, 0.05) is 6.54 Å². The smallest absolute Gasteiger partial charge is 0.305 e. The molecule has 0 heterocycles. The van der Waals surface area contributed by atoms with E-state index >= 15 is 0 Å². The van der Waals surface area contributed by atoms with E-state index in [9.17, 15) is 26.3 Å². The number of alkyl halides is 6. The largest absolute Gasteiger partial charge is 0.416 e. The third-order valence-corrected chi connectivity index (χ3v) is 2.15. The fraction of sp³-hybridized carbons (Fsp3) is 0.455. The molecule has 0 bridgehead atoms. The van der Waals surface area contributed by atoms with Crippen LogP contribution in [0.4, 0.5) is 26.3 Å². The molecule has 0 aliphatic carbocycles. The zero-order valence-corrected chi connectivity index (χ0v) is 9.65. The van der Waals surface area contributed by atoms with Crippen LogP contribution >= 0.6 is 0 Å². The summed E-state index contributed by atoms with van der Waals surface area (Å²) < 4.78 is 75.0. The molecule has 0 spiro atoms. The van der Waals surface area contributed by atoms with Crippen molar-refractivity contribution in [3.05, 3.63) is 34.9 Å². The van der Waals surface area contributed by atoms with Gasteiger partial charge >= 0.3 is 12.4 Å². The standard InChI is InChI=1S/C11H11F6N/c1-18(2)6-7-3-8(10(12,13)14)5-9(4-7)11(15,16)17/h3-5H,6H2,1-2H3. The SMILES string of the molecule is CN(C)Cc1cc(C(F)(F)F)cc(C(F)(F)F)c1. The van der Waals surface area contributed by atoms with Crippen molar-refractivity contribution >= 4 is 0 Å². The maximum atomic E-state index is 12.5. The van der Waals surface area contributed by atoms with Crippen molar-refractivity contribution in [3.63, 3.8) is 0 Å². The van der Waals surface area contributed by atoms with E-state index in [-0.39, 0.29) is 18.2 Å². The summed E-state index contributed by atoms with van der Waals surface area (Å²) in [7, 11) is 3.13. The van der Waals surface area contributed by atoms with Gasteiger partial charge in [0.05, 0.1) is 11.1 Å². The monoisotopic (exact) mass is 271 g/mol. The zero-order chi connectivity index (χ0) is 14.1. The maximum Gasteiger partial charge on any atom is 0.416 e. The minimum Gasteiger partial charge on any atom is -0.305 e. The molecule has 1 nitrogen and oxygen atoms in total. The van der Waals surface area contributed by atoms with Crippen LogP contribution in [0.1, 0.15) is 16.7 Å². The molecule has 0 amide bonds. The first-order valence-electron chi connectivity index (χ1n) is 4.93. The van der Waals surface area contributed by atoms with Crippen LogP contribution in [0.25, 0.3) is 0 Å². The van der Waals surface area contributed by atoms with Gasteiger partial charge in [-0.1, -0.05) is 0 Å². The van der Waals surface area contributed by atoms with Crippen molar-refractivity contribution in [1.82, 2.24) is 4.90 Å². The van der Waals surface area contributed by atoms with E-state index in [0.717, 1.165) is 12.1 Å². The molecular formula is C11H11F6N. The van der Waals surface area contributed by atoms with Crippen molar-refractivity contribution in [1.29, 1.82) is 0 Å². The first kappa shape index (κ1) is 14.8. The third kappa shape index (κ3) is 3.90. The van der Waals surface area contributed by atoms with Gasteiger partial charge in [-0.2, -0.15) is 26.3 Å². The second kappa shape index (κ2) is 4.79. The molecule has 1 aromatic carbocycles. The number of benzene rings is 1. The Kier molecular flexibility index (Phi) is 3.95. The summed E-state index contributed by atoms with van der Waals surface area (Å²) in [5.41, 5.74) is -2.59. The van der Waals surface area contributed by atoms with Gasteiger partial charge < -0.3 is 4.90 Å². The Labute approximate surface area is 100 Å². The lowest BCUT2D eigenvalue weighted by Gasteiger charge is -2.16. The number of hydrogen-bond donors (Lipinski definition) is 0. The molecule has 7 heteroatoms. The van der Waals surface area contributed by atoms with Gasteiger partial charge in [0.2, 0.25) is 0 Å². The maximum absolute atomic E-state index is 12.5. The summed E-state index contributed by atoms with van der Waals surface area (Å²) in [5, 5.41) is 0. The Balaban J connectivity index is 3.29. The van der Waals surface area contributed by atoms with Crippen LogP contribution in [0.15, 0.2) is 18.2 Å². The minimum absolute atomic E-state index is 0.00694. The first-order chi connectivity index (χ1) is 8.00. The van der Waals surface area contributed by atoms with Crippen LogP contribution in [0.5, 0.6) is 0 Å². The van der Waals surface area contributed by atoms with Crippen molar-refractivity contribution in [2.24, 2.45) is 0 Å². The van der Waals surface area contributed by atoms with E-state index in [1.54, 1.807) is 14.1 Å². The van der Waals surface area contributed by atoms with Gasteiger partial charge in [-0.3, -0.25) is 0 Å². The molecule has 0 unspecified atom stereocenters. The molecule has 0 aliphatic heterocycles. The van der Waals surface area contributed by atoms with Crippen LogP contribution < -0.4 is 0 Å². The lowest BCUT2D eigenvalue weighted by Crippen LogP contribution is -2.15. The zero-order valence-electron chi connectivity index (χ0n) is 9.65. The number of nitrogens with zero attached hydrogens (tertiary/aromatic N) is 1. The van der Waals surface area contributed by atoms with Crippen molar-refractivity contribution in [2.45, 2.75) is 18.9 Å². The molecule has 1 rings (SSSR count). The summed E-state index contributed by atoms with van der Waals surface area (Å²) in [4.78, 5) is 1.50. The molecule has 0 saturated heterocycles. The van der Waals surface area contributed by atoms with Gasteiger partial charge in [0.15, 0.2) is 0 Å². The molecule has 18 heavy (non-hydrogen) atoms. The summed E-state index contributed by atoms with van der Waals surface area (Å²) in [6, 6.07) is 1.59. The quantitative estimate of drug-likeness (QED) is 0.740. The highest BCUT2D eigenvalue weighted by Crippen LogP contribution is 2.36. The number of hydrogen-bond acceptors (Lipinski definition) is 1.